The number of thiophene rings is 1. The lowest BCUT2D eigenvalue weighted by molar-refractivity contribution is 0.0786. The summed E-state index contributed by atoms with van der Waals surface area (Å²) >= 11 is 7.21. The highest BCUT2D eigenvalue weighted by atomic mass is 35.5. The lowest BCUT2D eigenvalue weighted by Gasteiger charge is -2.16. The SMILES string of the molecule is CN(Cc1ccc(Cl)s1)C(=O)c1cc(F)cnc1N. The third kappa shape index (κ3) is 3.21. The van der Waals surface area contributed by atoms with Crippen molar-refractivity contribution in [2.75, 3.05) is 12.8 Å². The fourth-order valence-electron chi connectivity index (χ4n) is 1.57. The molecular weight excluding hydrogens is 289 g/mol. The molecule has 0 aliphatic heterocycles. The predicted molar refractivity (Wildman–Crippen MR) is 73.7 cm³/mol. The number of aromatic nitrogens is 1. The molecule has 0 unspecified atom stereocenters. The summed E-state index contributed by atoms with van der Waals surface area (Å²) in [6.07, 6.45) is 0.977. The maximum absolute atomic E-state index is 13.1. The molecule has 1 amide bonds. The van der Waals surface area contributed by atoms with Crippen LogP contribution in [0, 0.1) is 5.82 Å². The van der Waals surface area contributed by atoms with E-state index in [-0.39, 0.29) is 17.3 Å². The molecule has 0 radical (unpaired) electrons. The first-order chi connectivity index (χ1) is 8.97. The Morgan fingerprint density at radius 1 is 1.58 bits per heavy atom. The van der Waals surface area contributed by atoms with Crippen LogP contribution in [-0.2, 0) is 6.54 Å². The molecule has 19 heavy (non-hydrogen) atoms. The largest absolute Gasteiger partial charge is 0.383 e. The van der Waals surface area contributed by atoms with Crippen molar-refractivity contribution < 1.29 is 9.18 Å². The van der Waals surface area contributed by atoms with E-state index in [0.29, 0.717) is 10.9 Å². The molecule has 0 bridgehead atoms. The van der Waals surface area contributed by atoms with E-state index in [1.54, 1.807) is 13.1 Å². The fourth-order valence-corrected chi connectivity index (χ4v) is 2.71. The molecular formula is C12H11ClFN3OS. The van der Waals surface area contributed by atoms with Gasteiger partial charge in [0.2, 0.25) is 0 Å². The molecule has 0 saturated carbocycles. The number of amides is 1. The fraction of sp³-hybridized carbons (Fsp3) is 0.167. The van der Waals surface area contributed by atoms with Crippen LogP contribution in [0.15, 0.2) is 24.4 Å². The second-order valence-corrected chi connectivity index (χ2v) is 5.75. The average molecular weight is 300 g/mol. The number of carbonyl (C=O) groups excluding carboxylic acids is 1. The Balaban J connectivity index is 2.16. The number of halogens is 2. The number of pyridine rings is 1. The molecule has 2 aromatic heterocycles. The van der Waals surface area contributed by atoms with Crippen LogP contribution < -0.4 is 5.73 Å². The molecule has 0 fully saturated rings. The summed E-state index contributed by atoms with van der Waals surface area (Å²) in [4.78, 5) is 18.1. The first-order valence-corrected chi connectivity index (χ1v) is 6.57. The first kappa shape index (κ1) is 13.8. The normalized spacial score (nSPS) is 10.5. The predicted octanol–water partition coefficient (Wildman–Crippen LogP) is 2.79. The zero-order chi connectivity index (χ0) is 14.0. The van der Waals surface area contributed by atoms with E-state index < -0.39 is 5.82 Å². The maximum Gasteiger partial charge on any atom is 0.257 e. The van der Waals surface area contributed by atoms with Gasteiger partial charge in [-0.2, -0.15) is 0 Å². The summed E-state index contributed by atoms with van der Waals surface area (Å²) in [5.74, 6) is -0.957. The van der Waals surface area contributed by atoms with E-state index >= 15 is 0 Å². The monoisotopic (exact) mass is 299 g/mol. The summed E-state index contributed by atoms with van der Waals surface area (Å²) in [7, 11) is 1.61. The van der Waals surface area contributed by atoms with Crippen LogP contribution in [0.1, 0.15) is 15.2 Å². The van der Waals surface area contributed by atoms with Crippen LogP contribution >= 0.6 is 22.9 Å². The standard InChI is InChI=1S/C12H11ClFN3OS/c1-17(6-8-2-3-10(13)19-8)12(18)9-4-7(14)5-16-11(9)15/h2-5H,6H2,1H3,(H2,15,16). The minimum absolute atomic E-state index is 0.0162. The van der Waals surface area contributed by atoms with Crippen molar-refractivity contribution in [1.29, 1.82) is 0 Å². The van der Waals surface area contributed by atoms with Crippen LogP contribution in [-0.4, -0.2) is 22.8 Å². The first-order valence-electron chi connectivity index (χ1n) is 5.38. The number of anilines is 1. The highest BCUT2D eigenvalue weighted by molar-refractivity contribution is 7.16. The van der Waals surface area contributed by atoms with Gasteiger partial charge in [0, 0.05) is 11.9 Å². The topological polar surface area (TPSA) is 59.2 Å². The number of carbonyl (C=O) groups is 1. The smallest absolute Gasteiger partial charge is 0.257 e. The lowest BCUT2D eigenvalue weighted by Crippen LogP contribution is -2.27. The molecule has 2 N–H and O–H groups in total. The summed E-state index contributed by atoms with van der Waals surface area (Å²) in [5, 5.41) is 0. The van der Waals surface area contributed by atoms with Gasteiger partial charge in [0.05, 0.1) is 22.6 Å². The molecule has 2 aromatic rings. The molecule has 2 heterocycles. The van der Waals surface area contributed by atoms with Gasteiger partial charge >= 0.3 is 0 Å². The van der Waals surface area contributed by atoms with Crippen molar-refractivity contribution in [3.8, 4) is 0 Å². The zero-order valence-corrected chi connectivity index (χ0v) is 11.6. The zero-order valence-electron chi connectivity index (χ0n) is 10.1. The molecule has 0 atom stereocenters. The van der Waals surface area contributed by atoms with Gasteiger partial charge < -0.3 is 10.6 Å². The van der Waals surface area contributed by atoms with Crippen LogP contribution in [0.5, 0.6) is 0 Å². The molecule has 4 nitrogen and oxygen atoms in total. The molecule has 7 heteroatoms. The van der Waals surface area contributed by atoms with Crippen molar-refractivity contribution in [3.05, 3.63) is 45.0 Å². The Morgan fingerprint density at radius 2 is 2.32 bits per heavy atom. The maximum atomic E-state index is 13.1. The number of nitrogens with zero attached hydrogens (tertiary/aromatic N) is 2. The molecule has 0 aliphatic carbocycles. The lowest BCUT2D eigenvalue weighted by atomic mass is 10.2. The molecule has 0 aromatic carbocycles. The van der Waals surface area contributed by atoms with Crippen LogP contribution in [0.4, 0.5) is 10.2 Å². The van der Waals surface area contributed by atoms with E-state index in [1.807, 2.05) is 6.07 Å². The van der Waals surface area contributed by atoms with Gasteiger partial charge in [0.1, 0.15) is 11.6 Å². The van der Waals surface area contributed by atoms with Gasteiger partial charge in [-0.3, -0.25) is 4.79 Å². The minimum Gasteiger partial charge on any atom is -0.383 e. The van der Waals surface area contributed by atoms with Gasteiger partial charge in [-0.1, -0.05) is 11.6 Å². The summed E-state index contributed by atoms with van der Waals surface area (Å²) in [6, 6.07) is 4.69. The van der Waals surface area contributed by atoms with Crippen LogP contribution in [0.3, 0.4) is 0 Å². The average Bonchev–Trinajstić information content (AvgIpc) is 2.77. The molecule has 0 saturated heterocycles. The molecule has 2 rings (SSSR count). The van der Waals surface area contributed by atoms with E-state index in [1.165, 1.54) is 16.2 Å². The third-order valence-electron chi connectivity index (χ3n) is 2.48. The number of hydrogen-bond acceptors (Lipinski definition) is 4. The van der Waals surface area contributed by atoms with Crippen LogP contribution in [0.25, 0.3) is 0 Å². The molecule has 100 valence electrons. The highest BCUT2D eigenvalue weighted by Gasteiger charge is 2.17. The minimum atomic E-state index is -0.592. The Labute approximate surface area is 118 Å². The van der Waals surface area contributed by atoms with E-state index in [0.717, 1.165) is 17.1 Å². The van der Waals surface area contributed by atoms with Crippen molar-refractivity contribution in [2.24, 2.45) is 0 Å². The van der Waals surface area contributed by atoms with Crippen LogP contribution in [0.2, 0.25) is 4.34 Å². The van der Waals surface area contributed by atoms with Crippen molar-refractivity contribution >= 4 is 34.7 Å². The Bertz CT molecular complexity index is 617. The van der Waals surface area contributed by atoms with Gasteiger partial charge in [-0.25, -0.2) is 9.37 Å². The van der Waals surface area contributed by atoms with E-state index in [4.69, 9.17) is 17.3 Å². The van der Waals surface area contributed by atoms with E-state index in [9.17, 15) is 9.18 Å². The summed E-state index contributed by atoms with van der Waals surface area (Å²) in [6.45, 7) is 0.381. The van der Waals surface area contributed by atoms with Gasteiger partial charge in [0.25, 0.3) is 5.91 Å². The van der Waals surface area contributed by atoms with Gasteiger partial charge in [0.15, 0.2) is 0 Å². The Kier molecular flexibility index (Phi) is 4.01. The van der Waals surface area contributed by atoms with Crippen molar-refractivity contribution in [2.45, 2.75) is 6.54 Å². The van der Waals surface area contributed by atoms with Gasteiger partial charge in [-0.05, 0) is 18.2 Å². The van der Waals surface area contributed by atoms with Crippen molar-refractivity contribution in [1.82, 2.24) is 9.88 Å². The van der Waals surface area contributed by atoms with E-state index in [2.05, 4.69) is 4.98 Å². The molecule has 0 aliphatic rings. The quantitative estimate of drug-likeness (QED) is 0.948. The highest BCUT2D eigenvalue weighted by Crippen LogP contribution is 2.23. The second-order valence-electron chi connectivity index (χ2n) is 3.95. The Morgan fingerprint density at radius 3 is 2.95 bits per heavy atom. The number of nitrogen functional groups attached to an aromatic ring is 1. The summed E-state index contributed by atoms with van der Waals surface area (Å²) < 4.78 is 13.8. The number of rotatable bonds is 3. The van der Waals surface area contributed by atoms with Crippen molar-refractivity contribution in [3.63, 3.8) is 0 Å². The number of hydrogen-bond donors (Lipinski definition) is 1. The second kappa shape index (κ2) is 5.54. The van der Waals surface area contributed by atoms with Gasteiger partial charge in [-0.15, -0.1) is 11.3 Å². The third-order valence-corrected chi connectivity index (χ3v) is 3.70. The number of nitrogens with two attached hydrogens (primary N) is 1. The summed E-state index contributed by atoms with van der Waals surface area (Å²) in [5.41, 5.74) is 5.64. The molecule has 0 spiro atoms. The Hall–Kier alpha value is -1.66.